The fraction of sp³-hybridized carbons (Fsp3) is 0.417. The third-order valence-electron chi connectivity index (χ3n) is 2.10. The van der Waals surface area contributed by atoms with Gasteiger partial charge in [-0.05, 0) is 28.1 Å². The van der Waals surface area contributed by atoms with Gasteiger partial charge < -0.3 is 23.7 Å². The number of ether oxygens (including phenoxy) is 5. The zero-order valence-corrected chi connectivity index (χ0v) is 12.5. The van der Waals surface area contributed by atoms with Crippen LogP contribution in [0.1, 0.15) is 10.4 Å². The lowest BCUT2D eigenvalue weighted by atomic mass is 10.2. The first-order valence-corrected chi connectivity index (χ1v) is 6.08. The number of carbonyl (C=O) groups is 1. The summed E-state index contributed by atoms with van der Waals surface area (Å²) in [7, 11) is 4.31. The van der Waals surface area contributed by atoms with E-state index < -0.39 is 5.97 Å². The molecule has 0 heterocycles. The van der Waals surface area contributed by atoms with Gasteiger partial charge in [0.2, 0.25) is 0 Å². The van der Waals surface area contributed by atoms with Crippen molar-refractivity contribution in [1.29, 1.82) is 0 Å². The molecule has 0 unspecified atom stereocenters. The van der Waals surface area contributed by atoms with Crippen LogP contribution in [-0.2, 0) is 14.2 Å². The number of hydrogen-bond donors (Lipinski definition) is 0. The van der Waals surface area contributed by atoms with Crippen molar-refractivity contribution in [3.05, 3.63) is 22.2 Å². The number of rotatable bonds is 7. The summed E-state index contributed by atoms with van der Waals surface area (Å²) in [4.78, 5) is 11.6. The largest absolute Gasteiger partial charge is 0.465 e. The second-order valence-electron chi connectivity index (χ2n) is 3.37. The Morgan fingerprint density at radius 1 is 1.05 bits per heavy atom. The topological polar surface area (TPSA) is 63.2 Å². The maximum absolute atomic E-state index is 11.6. The molecule has 0 saturated carbocycles. The quantitative estimate of drug-likeness (QED) is 0.562. The molecule has 0 aromatic heterocycles. The molecular weight excluding hydrogens is 320 g/mol. The zero-order chi connectivity index (χ0) is 14.3. The summed E-state index contributed by atoms with van der Waals surface area (Å²) in [5.74, 6) is 0.313. The molecule has 0 fully saturated rings. The first-order valence-electron chi connectivity index (χ1n) is 5.29. The second kappa shape index (κ2) is 7.98. The van der Waals surface area contributed by atoms with Gasteiger partial charge in [-0.2, -0.15) is 0 Å². The van der Waals surface area contributed by atoms with Gasteiger partial charge in [-0.25, -0.2) is 4.79 Å². The van der Waals surface area contributed by atoms with E-state index in [1.165, 1.54) is 27.4 Å². The lowest BCUT2D eigenvalue weighted by molar-refractivity contribution is 0.0320. The molecule has 0 bridgehead atoms. The van der Waals surface area contributed by atoms with E-state index in [1.54, 1.807) is 6.07 Å². The van der Waals surface area contributed by atoms with Gasteiger partial charge in [-0.15, -0.1) is 0 Å². The SMILES string of the molecule is COCOc1cc(Br)c(C(=O)OC)cc1OCOC. The van der Waals surface area contributed by atoms with E-state index in [9.17, 15) is 4.79 Å². The van der Waals surface area contributed by atoms with Gasteiger partial charge in [-0.1, -0.05) is 0 Å². The molecule has 7 heteroatoms. The lowest BCUT2D eigenvalue weighted by Crippen LogP contribution is -2.08. The summed E-state index contributed by atoms with van der Waals surface area (Å²) < 4.78 is 25.6. The molecule has 0 amide bonds. The maximum atomic E-state index is 11.6. The van der Waals surface area contributed by atoms with Crippen LogP contribution in [0.4, 0.5) is 0 Å². The minimum absolute atomic E-state index is 0.0333. The number of hydrogen-bond acceptors (Lipinski definition) is 6. The number of halogens is 1. The summed E-state index contributed by atoms with van der Waals surface area (Å²) in [5.41, 5.74) is 0.332. The van der Waals surface area contributed by atoms with Crippen molar-refractivity contribution in [3.8, 4) is 11.5 Å². The number of methoxy groups -OCH3 is 3. The Labute approximate surface area is 119 Å². The molecule has 0 N–H and O–H groups in total. The predicted octanol–water partition coefficient (Wildman–Crippen LogP) is 2.20. The highest BCUT2D eigenvalue weighted by Gasteiger charge is 2.16. The first-order chi connectivity index (χ1) is 9.13. The molecule has 0 atom stereocenters. The van der Waals surface area contributed by atoms with Crippen LogP contribution in [0.15, 0.2) is 16.6 Å². The van der Waals surface area contributed by atoms with Crippen LogP contribution in [0.2, 0.25) is 0 Å². The summed E-state index contributed by atoms with van der Waals surface area (Å²) in [6.07, 6.45) is 0. The highest BCUT2D eigenvalue weighted by Crippen LogP contribution is 2.34. The molecule has 6 nitrogen and oxygen atoms in total. The molecular formula is C12H15BrO6. The van der Waals surface area contributed by atoms with Crippen molar-refractivity contribution < 1.29 is 28.5 Å². The molecule has 0 aliphatic carbocycles. The highest BCUT2D eigenvalue weighted by molar-refractivity contribution is 9.10. The molecule has 0 aliphatic rings. The standard InChI is InChI=1S/C12H15BrO6/c1-15-6-18-10-4-8(12(14)17-3)9(13)5-11(10)19-7-16-2/h4-5H,6-7H2,1-3H3. The molecule has 1 rings (SSSR count). The van der Waals surface area contributed by atoms with Gasteiger partial charge in [0.1, 0.15) is 0 Å². The lowest BCUT2D eigenvalue weighted by Gasteiger charge is -2.14. The van der Waals surface area contributed by atoms with E-state index in [0.717, 1.165) is 0 Å². The first kappa shape index (κ1) is 15.7. The van der Waals surface area contributed by atoms with Crippen molar-refractivity contribution in [2.45, 2.75) is 0 Å². The van der Waals surface area contributed by atoms with Gasteiger partial charge in [0.25, 0.3) is 0 Å². The summed E-state index contributed by atoms with van der Waals surface area (Å²) in [6, 6.07) is 3.12. The molecule has 19 heavy (non-hydrogen) atoms. The minimum atomic E-state index is -0.479. The monoisotopic (exact) mass is 334 g/mol. The van der Waals surface area contributed by atoms with E-state index >= 15 is 0 Å². The van der Waals surface area contributed by atoms with Gasteiger partial charge in [0, 0.05) is 18.7 Å². The van der Waals surface area contributed by atoms with Crippen molar-refractivity contribution in [3.63, 3.8) is 0 Å². The second-order valence-corrected chi connectivity index (χ2v) is 4.23. The van der Waals surface area contributed by atoms with Crippen molar-refractivity contribution in [2.24, 2.45) is 0 Å². The Morgan fingerprint density at radius 3 is 2.05 bits per heavy atom. The van der Waals surface area contributed by atoms with E-state index in [-0.39, 0.29) is 13.6 Å². The third kappa shape index (κ3) is 4.38. The fourth-order valence-electron chi connectivity index (χ4n) is 1.27. The van der Waals surface area contributed by atoms with Crippen molar-refractivity contribution in [1.82, 2.24) is 0 Å². The van der Waals surface area contributed by atoms with Crippen LogP contribution in [0, 0.1) is 0 Å². The number of carbonyl (C=O) groups excluding carboxylic acids is 1. The minimum Gasteiger partial charge on any atom is -0.465 e. The van der Waals surface area contributed by atoms with Crippen LogP contribution in [0.25, 0.3) is 0 Å². The Kier molecular flexibility index (Phi) is 6.61. The Hall–Kier alpha value is -1.31. The van der Waals surface area contributed by atoms with Gasteiger partial charge in [-0.3, -0.25) is 0 Å². The highest BCUT2D eigenvalue weighted by atomic mass is 79.9. The predicted molar refractivity (Wildman–Crippen MR) is 70.5 cm³/mol. The van der Waals surface area contributed by atoms with Gasteiger partial charge in [0.15, 0.2) is 25.1 Å². The van der Waals surface area contributed by atoms with Crippen LogP contribution in [0.3, 0.4) is 0 Å². The fourth-order valence-corrected chi connectivity index (χ4v) is 1.76. The molecule has 0 saturated heterocycles. The molecule has 0 spiro atoms. The Balaban J connectivity index is 3.08. The normalized spacial score (nSPS) is 10.1. The van der Waals surface area contributed by atoms with Crippen molar-refractivity contribution >= 4 is 21.9 Å². The van der Waals surface area contributed by atoms with E-state index in [2.05, 4.69) is 20.7 Å². The number of benzene rings is 1. The van der Waals surface area contributed by atoms with Gasteiger partial charge in [0.05, 0.1) is 12.7 Å². The molecule has 1 aromatic rings. The van der Waals surface area contributed by atoms with Crippen LogP contribution in [-0.4, -0.2) is 40.9 Å². The smallest absolute Gasteiger partial charge is 0.339 e. The average Bonchev–Trinajstić information content (AvgIpc) is 2.43. The third-order valence-corrected chi connectivity index (χ3v) is 2.76. The molecule has 1 aromatic carbocycles. The van der Waals surface area contributed by atoms with Gasteiger partial charge >= 0.3 is 5.97 Å². The van der Waals surface area contributed by atoms with Crippen molar-refractivity contribution in [2.75, 3.05) is 34.9 Å². The molecule has 0 radical (unpaired) electrons. The van der Waals surface area contributed by atoms with Crippen LogP contribution >= 0.6 is 15.9 Å². The maximum Gasteiger partial charge on any atom is 0.339 e. The summed E-state index contributed by atoms with van der Waals surface area (Å²) >= 11 is 3.27. The van der Waals surface area contributed by atoms with E-state index in [4.69, 9.17) is 18.9 Å². The van der Waals surface area contributed by atoms with Crippen LogP contribution < -0.4 is 9.47 Å². The molecule has 0 aliphatic heterocycles. The van der Waals surface area contributed by atoms with E-state index in [0.29, 0.717) is 21.5 Å². The Morgan fingerprint density at radius 2 is 1.58 bits per heavy atom. The van der Waals surface area contributed by atoms with E-state index in [1.807, 2.05) is 0 Å². The Bertz CT molecular complexity index is 434. The number of esters is 1. The zero-order valence-electron chi connectivity index (χ0n) is 10.9. The average molecular weight is 335 g/mol. The summed E-state index contributed by atoms with van der Waals surface area (Å²) in [6.45, 7) is 0.0962. The van der Waals surface area contributed by atoms with Crippen LogP contribution in [0.5, 0.6) is 11.5 Å². The molecule has 106 valence electrons. The summed E-state index contributed by atoms with van der Waals surface area (Å²) in [5, 5.41) is 0.